The lowest BCUT2D eigenvalue weighted by Gasteiger charge is -2.19. The van der Waals surface area contributed by atoms with Crippen molar-refractivity contribution >= 4 is 19.2 Å². The van der Waals surface area contributed by atoms with Crippen LogP contribution in [0.15, 0.2) is 41.4 Å². The smallest absolute Gasteiger partial charge is 0.404 e. The number of phosphoric ester groups is 1. The minimum atomic E-state index is -4.28. The van der Waals surface area contributed by atoms with E-state index in [9.17, 15) is 9.46 Å². The van der Waals surface area contributed by atoms with Crippen molar-refractivity contribution in [3.8, 4) is 5.75 Å². The maximum atomic E-state index is 12.5. The van der Waals surface area contributed by atoms with Crippen LogP contribution in [-0.4, -0.2) is 37.4 Å². The zero-order valence-corrected chi connectivity index (χ0v) is 26.6. The summed E-state index contributed by atoms with van der Waals surface area (Å²) < 4.78 is 36.4. The van der Waals surface area contributed by atoms with Gasteiger partial charge in [-0.05, 0) is 37.6 Å². The molecule has 2 atom stereocenters. The number of unbranched alkanes of at least 4 members (excludes halogenated alkanes) is 13. The van der Waals surface area contributed by atoms with E-state index < -0.39 is 13.9 Å². The van der Waals surface area contributed by atoms with Gasteiger partial charge in [0.15, 0.2) is 12.7 Å². The van der Waals surface area contributed by atoms with Crippen molar-refractivity contribution in [1.82, 2.24) is 0 Å². The Hall–Kier alpha value is -1.28. The molecule has 228 valence electrons. The van der Waals surface area contributed by atoms with Crippen LogP contribution in [-0.2, 0) is 25.1 Å². The van der Waals surface area contributed by atoms with E-state index in [-0.39, 0.29) is 12.4 Å². The van der Waals surface area contributed by atoms with Gasteiger partial charge in [-0.3, -0.25) is 9.42 Å². The first-order chi connectivity index (χ1) is 19.5. The molecule has 0 aliphatic rings. The molecule has 2 unspecified atom stereocenters. The molecule has 1 aromatic heterocycles. The van der Waals surface area contributed by atoms with Gasteiger partial charge in [0, 0.05) is 18.8 Å². The number of aromatic nitrogens is 1. The number of hydrogen-bond acceptors (Lipinski definition) is 6. The van der Waals surface area contributed by atoms with Gasteiger partial charge in [-0.25, -0.2) is 4.57 Å². The van der Waals surface area contributed by atoms with E-state index in [1.807, 2.05) is 36.1 Å². The minimum Gasteiger partial charge on any atom is -0.404 e. The second-order valence-corrected chi connectivity index (χ2v) is 12.6. The molecule has 0 aliphatic heterocycles. The summed E-state index contributed by atoms with van der Waals surface area (Å²) >= 11 is 1.63. The molecule has 0 amide bonds. The van der Waals surface area contributed by atoms with Gasteiger partial charge in [0.1, 0.15) is 11.9 Å². The van der Waals surface area contributed by atoms with Gasteiger partial charge < -0.3 is 14.0 Å². The van der Waals surface area contributed by atoms with E-state index >= 15 is 0 Å². The predicted molar refractivity (Wildman–Crippen MR) is 163 cm³/mol. The van der Waals surface area contributed by atoms with E-state index in [1.54, 1.807) is 23.5 Å². The molecular weight excluding hydrogens is 545 g/mol. The zero-order chi connectivity index (χ0) is 28.7. The summed E-state index contributed by atoms with van der Waals surface area (Å²) in [5, 5.41) is 2.01. The number of ether oxygens (including phenoxy) is 2. The molecule has 0 radical (unpaired) electrons. The first kappa shape index (κ1) is 34.9. The molecule has 1 N–H and O–H groups in total. The zero-order valence-electron chi connectivity index (χ0n) is 24.8. The summed E-state index contributed by atoms with van der Waals surface area (Å²) in [5.41, 5.74) is 3.09. The average molecular weight is 599 g/mol. The molecule has 0 fully saturated rings. The fraction of sp³-hybridized carbons (Fsp3) is 0.710. The first-order valence-corrected chi connectivity index (χ1v) is 17.8. The monoisotopic (exact) mass is 598 g/mol. The molecule has 1 aromatic carbocycles. The Morgan fingerprint density at radius 2 is 1.45 bits per heavy atom. The van der Waals surface area contributed by atoms with Crippen molar-refractivity contribution < 1.29 is 32.5 Å². The van der Waals surface area contributed by atoms with Crippen molar-refractivity contribution in [1.29, 1.82) is 0 Å². The normalized spacial score (nSPS) is 13.8. The molecule has 2 aromatic rings. The van der Waals surface area contributed by atoms with Gasteiger partial charge in [-0.2, -0.15) is 4.57 Å². The van der Waals surface area contributed by atoms with Crippen molar-refractivity contribution in [2.75, 3.05) is 26.4 Å². The van der Waals surface area contributed by atoms with Crippen LogP contribution in [0.25, 0.3) is 0 Å². The quantitative estimate of drug-likeness (QED) is 0.0665. The van der Waals surface area contributed by atoms with Crippen LogP contribution in [0.1, 0.15) is 109 Å². The fourth-order valence-corrected chi connectivity index (χ4v) is 5.94. The van der Waals surface area contributed by atoms with Crippen LogP contribution in [0.3, 0.4) is 0 Å². The Kier molecular flexibility index (Phi) is 19.5. The van der Waals surface area contributed by atoms with Crippen LogP contribution >= 0.6 is 19.2 Å². The molecule has 0 aliphatic carbocycles. The molecule has 0 saturated carbocycles. The molecule has 1 heterocycles. The third-order valence-electron chi connectivity index (χ3n) is 6.81. The summed E-state index contributed by atoms with van der Waals surface area (Å²) in [4.78, 5) is 10.2. The maximum absolute atomic E-state index is 12.5. The van der Waals surface area contributed by atoms with Crippen molar-refractivity contribution in [3.05, 3.63) is 46.9 Å². The summed E-state index contributed by atoms with van der Waals surface area (Å²) in [7, 11) is -4.28. The SMILES string of the molecule is CCCCCCCCCCCCCCCCOCC(COP(=O)(O)Oc1ccc(C[n+]2ccsc2)cc1)OCC. The third kappa shape index (κ3) is 17.5. The molecule has 0 saturated heterocycles. The van der Waals surface area contributed by atoms with E-state index in [1.165, 1.54) is 77.0 Å². The first-order valence-electron chi connectivity index (χ1n) is 15.4. The highest BCUT2D eigenvalue weighted by Crippen LogP contribution is 2.44. The highest BCUT2D eigenvalue weighted by Gasteiger charge is 2.25. The van der Waals surface area contributed by atoms with Gasteiger partial charge in [-0.15, -0.1) is 0 Å². The Labute approximate surface area is 246 Å². The Bertz CT molecular complexity index is 896. The molecular formula is C31H53NO6PS+. The van der Waals surface area contributed by atoms with Crippen LogP contribution in [0.2, 0.25) is 0 Å². The lowest BCUT2D eigenvalue weighted by Crippen LogP contribution is -2.30. The van der Waals surface area contributed by atoms with Gasteiger partial charge in [0.05, 0.1) is 18.6 Å². The van der Waals surface area contributed by atoms with Crippen LogP contribution in [0.4, 0.5) is 0 Å². The number of nitrogens with zero attached hydrogens (tertiary/aromatic N) is 1. The standard InChI is InChI=1S/C31H52NO6PS/c1-3-5-6-7-8-9-10-11-12-13-14-15-16-17-23-35-26-31(36-4-2)27-37-39(33,34)38-30-20-18-29(19-21-30)25-32-22-24-40-28-32/h18-22,24,28,31H,3-17,23,25-27H2,1-2H3/p+1. The number of thiazole rings is 1. The number of rotatable bonds is 26. The fourth-order valence-electron chi connectivity index (χ4n) is 4.55. The number of hydrogen-bond donors (Lipinski definition) is 1. The van der Waals surface area contributed by atoms with Crippen molar-refractivity contribution in [2.24, 2.45) is 0 Å². The van der Waals surface area contributed by atoms with Crippen LogP contribution < -0.4 is 9.09 Å². The van der Waals surface area contributed by atoms with Gasteiger partial charge in [-0.1, -0.05) is 102 Å². The van der Waals surface area contributed by atoms with E-state index in [0.717, 1.165) is 24.9 Å². The van der Waals surface area contributed by atoms with Crippen molar-refractivity contribution in [3.63, 3.8) is 0 Å². The lowest BCUT2D eigenvalue weighted by molar-refractivity contribution is -0.683. The predicted octanol–water partition coefficient (Wildman–Crippen LogP) is 8.48. The molecule has 7 nitrogen and oxygen atoms in total. The minimum absolute atomic E-state index is 0.0762. The summed E-state index contributed by atoms with van der Waals surface area (Å²) in [5.74, 6) is 0.284. The van der Waals surface area contributed by atoms with E-state index in [2.05, 4.69) is 11.5 Å². The highest BCUT2D eigenvalue weighted by atomic mass is 32.1. The summed E-state index contributed by atoms with van der Waals surface area (Å²) in [6.45, 7) is 6.25. The molecule has 40 heavy (non-hydrogen) atoms. The van der Waals surface area contributed by atoms with Gasteiger partial charge >= 0.3 is 7.82 Å². The molecule has 0 bridgehead atoms. The lowest BCUT2D eigenvalue weighted by atomic mass is 10.0. The molecule has 2 rings (SSSR count). The third-order valence-corrected chi connectivity index (χ3v) is 8.40. The number of phosphoric acid groups is 1. The van der Waals surface area contributed by atoms with Crippen molar-refractivity contribution in [2.45, 2.75) is 116 Å². The largest absolute Gasteiger partial charge is 0.527 e. The molecule has 9 heteroatoms. The second-order valence-electron chi connectivity index (χ2n) is 10.4. The van der Waals surface area contributed by atoms with E-state index in [0.29, 0.717) is 19.8 Å². The highest BCUT2D eigenvalue weighted by molar-refractivity contribution is 7.47. The Morgan fingerprint density at radius 3 is 2.00 bits per heavy atom. The summed E-state index contributed by atoms with van der Waals surface area (Å²) in [6.07, 6.45) is 20.1. The summed E-state index contributed by atoms with van der Waals surface area (Å²) in [6, 6.07) is 7.09. The Morgan fingerprint density at radius 1 is 0.850 bits per heavy atom. The molecule has 0 spiro atoms. The van der Waals surface area contributed by atoms with Gasteiger partial charge in [0.25, 0.3) is 0 Å². The van der Waals surface area contributed by atoms with E-state index in [4.69, 9.17) is 18.5 Å². The maximum Gasteiger partial charge on any atom is 0.527 e. The van der Waals surface area contributed by atoms with Gasteiger partial charge in [0.2, 0.25) is 5.51 Å². The Balaban J connectivity index is 1.50. The topological polar surface area (TPSA) is 78.1 Å². The number of benzene rings is 1. The second kappa shape index (κ2) is 22.3. The van der Waals surface area contributed by atoms with Crippen LogP contribution in [0, 0.1) is 0 Å². The van der Waals surface area contributed by atoms with Crippen LogP contribution in [0.5, 0.6) is 5.75 Å². The average Bonchev–Trinajstić information content (AvgIpc) is 3.45.